The number of likely N-dealkylation sites (tertiary alicyclic amines) is 1. The number of rotatable bonds is 4. The highest BCUT2D eigenvalue weighted by atomic mass is 79.9. The number of benzene rings is 2. The molecule has 2 aromatic rings. The van der Waals surface area contributed by atoms with E-state index in [1.165, 1.54) is 19.2 Å². The van der Waals surface area contributed by atoms with Gasteiger partial charge in [0, 0.05) is 41.8 Å². The molecule has 1 fully saturated rings. The molecule has 6 nitrogen and oxygen atoms in total. The van der Waals surface area contributed by atoms with Crippen LogP contribution in [0, 0.1) is 11.7 Å². The van der Waals surface area contributed by atoms with E-state index in [0.29, 0.717) is 37.2 Å². The highest BCUT2D eigenvalue weighted by molar-refractivity contribution is 9.10. The van der Waals surface area contributed by atoms with Crippen molar-refractivity contribution in [1.29, 1.82) is 0 Å². The van der Waals surface area contributed by atoms with Crippen LogP contribution in [0.25, 0.3) is 0 Å². The SMILES string of the molecule is CNC(=O)c1cc(NC(=O)C2CCN(C(=O)c3ccc(Br)cc3)CC2)ccc1F. The third kappa shape index (κ3) is 5.00. The highest BCUT2D eigenvalue weighted by Crippen LogP contribution is 2.22. The second kappa shape index (κ2) is 9.17. The smallest absolute Gasteiger partial charge is 0.254 e. The van der Waals surface area contributed by atoms with Gasteiger partial charge in [-0.15, -0.1) is 0 Å². The lowest BCUT2D eigenvalue weighted by Gasteiger charge is -2.31. The second-order valence-corrected chi connectivity index (χ2v) is 7.75. The molecule has 1 aliphatic rings. The van der Waals surface area contributed by atoms with Gasteiger partial charge >= 0.3 is 0 Å². The Bertz CT molecular complexity index is 925. The Labute approximate surface area is 176 Å². The van der Waals surface area contributed by atoms with Crippen LogP contribution in [0.5, 0.6) is 0 Å². The number of amides is 3. The number of nitrogens with zero attached hydrogens (tertiary/aromatic N) is 1. The van der Waals surface area contributed by atoms with Crippen LogP contribution in [-0.4, -0.2) is 42.8 Å². The van der Waals surface area contributed by atoms with Gasteiger partial charge in [-0.05, 0) is 55.3 Å². The minimum atomic E-state index is -0.651. The Morgan fingerprint density at radius 2 is 1.72 bits per heavy atom. The lowest BCUT2D eigenvalue weighted by atomic mass is 9.95. The molecular weight excluding hydrogens is 441 g/mol. The highest BCUT2D eigenvalue weighted by Gasteiger charge is 2.28. The average Bonchev–Trinajstić information content (AvgIpc) is 2.74. The number of carbonyl (C=O) groups is 3. The molecule has 0 bridgehead atoms. The van der Waals surface area contributed by atoms with Crippen molar-refractivity contribution in [3.05, 3.63) is 63.9 Å². The van der Waals surface area contributed by atoms with Gasteiger partial charge in [-0.1, -0.05) is 15.9 Å². The number of hydrogen-bond donors (Lipinski definition) is 2. The molecule has 1 heterocycles. The van der Waals surface area contributed by atoms with Crippen LogP contribution in [0.4, 0.5) is 10.1 Å². The van der Waals surface area contributed by atoms with Crippen LogP contribution < -0.4 is 10.6 Å². The number of anilines is 1. The Hall–Kier alpha value is -2.74. The van der Waals surface area contributed by atoms with Gasteiger partial charge in [0.2, 0.25) is 5.91 Å². The molecule has 0 unspecified atom stereocenters. The van der Waals surface area contributed by atoms with Crippen molar-refractivity contribution < 1.29 is 18.8 Å². The number of piperidine rings is 1. The standard InChI is InChI=1S/C21H21BrFN3O3/c1-24-20(28)17-12-16(6-7-18(17)23)25-19(27)13-8-10-26(11-9-13)21(29)14-2-4-15(22)5-3-14/h2-7,12-13H,8-11H2,1H3,(H,24,28)(H,25,27). The monoisotopic (exact) mass is 461 g/mol. The summed E-state index contributed by atoms with van der Waals surface area (Å²) in [4.78, 5) is 38.6. The van der Waals surface area contributed by atoms with Crippen LogP contribution in [-0.2, 0) is 4.79 Å². The quantitative estimate of drug-likeness (QED) is 0.731. The molecule has 3 rings (SSSR count). The van der Waals surface area contributed by atoms with Crippen molar-refractivity contribution in [2.75, 3.05) is 25.5 Å². The Balaban J connectivity index is 1.58. The van der Waals surface area contributed by atoms with Crippen molar-refractivity contribution in [2.24, 2.45) is 5.92 Å². The molecule has 152 valence electrons. The maximum atomic E-state index is 13.8. The third-order valence-corrected chi connectivity index (χ3v) is 5.48. The van der Waals surface area contributed by atoms with E-state index in [-0.39, 0.29) is 23.3 Å². The summed E-state index contributed by atoms with van der Waals surface area (Å²) in [6.45, 7) is 0.972. The number of halogens is 2. The largest absolute Gasteiger partial charge is 0.355 e. The van der Waals surface area contributed by atoms with E-state index >= 15 is 0 Å². The number of carbonyl (C=O) groups excluding carboxylic acids is 3. The maximum absolute atomic E-state index is 13.8. The summed E-state index contributed by atoms with van der Waals surface area (Å²) >= 11 is 3.35. The predicted octanol–water partition coefficient (Wildman–Crippen LogP) is 3.44. The molecule has 2 N–H and O–H groups in total. The Morgan fingerprint density at radius 1 is 1.07 bits per heavy atom. The number of hydrogen-bond acceptors (Lipinski definition) is 3. The molecule has 0 aliphatic carbocycles. The van der Waals surface area contributed by atoms with Crippen LogP contribution >= 0.6 is 15.9 Å². The van der Waals surface area contributed by atoms with Gasteiger partial charge in [-0.25, -0.2) is 4.39 Å². The Morgan fingerprint density at radius 3 is 2.34 bits per heavy atom. The number of nitrogens with one attached hydrogen (secondary N) is 2. The van der Waals surface area contributed by atoms with Gasteiger partial charge in [0.25, 0.3) is 11.8 Å². The predicted molar refractivity (Wildman–Crippen MR) is 111 cm³/mol. The second-order valence-electron chi connectivity index (χ2n) is 6.84. The topological polar surface area (TPSA) is 78.5 Å². The molecule has 3 amide bonds. The summed E-state index contributed by atoms with van der Waals surface area (Å²) in [5.41, 5.74) is 0.854. The zero-order chi connectivity index (χ0) is 21.0. The van der Waals surface area contributed by atoms with Gasteiger partial charge in [0.15, 0.2) is 0 Å². The summed E-state index contributed by atoms with van der Waals surface area (Å²) in [5.74, 6) is -1.71. The van der Waals surface area contributed by atoms with Gasteiger partial charge in [-0.3, -0.25) is 14.4 Å². The molecule has 0 aromatic heterocycles. The van der Waals surface area contributed by atoms with Crippen LogP contribution in [0.2, 0.25) is 0 Å². The first-order valence-electron chi connectivity index (χ1n) is 9.26. The van der Waals surface area contributed by atoms with E-state index < -0.39 is 11.7 Å². The van der Waals surface area contributed by atoms with Gasteiger partial charge in [-0.2, -0.15) is 0 Å². The fourth-order valence-electron chi connectivity index (χ4n) is 3.28. The van der Waals surface area contributed by atoms with Gasteiger partial charge in [0.1, 0.15) is 5.82 Å². The summed E-state index contributed by atoms with van der Waals surface area (Å²) in [7, 11) is 1.41. The first-order chi connectivity index (χ1) is 13.9. The lowest BCUT2D eigenvalue weighted by Crippen LogP contribution is -2.41. The maximum Gasteiger partial charge on any atom is 0.254 e. The Kier molecular flexibility index (Phi) is 6.64. The van der Waals surface area contributed by atoms with E-state index in [2.05, 4.69) is 26.6 Å². The summed E-state index contributed by atoms with van der Waals surface area (Å²) in [5, 5.41) is 5.11. The zero-order valence-electron chi connectivity index (χ0n) is 15.9. The van der Waals surface area contributed by atoms with Crippen LogP contribution in [0.3, 0.4) is 0 Å². The molecular formula is C21H21BrFN3O3. The van der Waals surface area contributed by atoms with Crippen LogP contribution in [0.15, 0.2) is 46.9 Å². The van der Waals surface area contributed by atoms with E-state index in [4.69, 9.17) is 0 Å². The first kappa shape index (κ1) is 21.0. The van der Waals surface area contributed by atoms with E-state index in [1.807, 2.05) is 12.1 Å². The molecule has 1 aliphatic heterocycles. The normalized spacial score (nSPS) is 14.4. The van der Waals surface area contributed by atoms with Crippen molar-refractivity contribution >= 4 is 39.3 Å². The average molecular weight is 462 g/mol. The molecule has 0 radical (unpaired) electrons. The van der Waals surface area contributed by atoms with E-state index in [9.17, 15) is 18.8 Å². The summed E-state index contributed by atoms with van der Waals surface area (Å²) < 4.78 is 14.7. The fraction of sp³-hybridized carbons (Fsp3) is 0.286. The van der Waals surface area contributed by atoms with Crippen molar-refractivity contribution in [3.63, 3.8) is 0 Å². The summed E-state index contributed by atoms with van der Waals surface area (Å²) in [6, 6.07) is 11.1. The molecule has 1 saturated heterocycles. The molecule has 0 saturated carbocycles. The molecule has 8 heteroatoms. The molecule has 0 atom stereocenters. The van der Waals surface area contributed by atoms with Crippen molar-refractivity contribution in [2.45, 2.75) is 12.8 Å². The molecule has 2 aromatic carbocycles. The van der Waals surface area contributed by atoms with E-state index in [1.54, 1.807) is 17.0 Å². The minimum absolute atomic E-state index is 0.0508. The first-order valence-corrected chi connectivity index (χ1v) is 10.1. The fourth-order valence-corrected chi connectivity index (χ4v) is 3.54. The lowest BCUT2D eigenvalue weighted by molar-refractivity contribution is -0.121. The minimum Gasteiger partial charge on any atom is -0.355 e. The third-order valence-electron chi connectivity index (χ3n) is 4.95. The van der Waals surface area contributed by atoms with Crippen molar-refractivity contribution in [1.82, 2.24) is 10.2 Å². The van der Waals surface area contributed by atoms with Crippen molar-refractivity contribution in [3.8, 4) is 0 Å². The summed E-state index contributed by atoms with van der Waals surface area (Å²) in [6.07, 6.45) is 1.08. The zero-order valence-corrected chi connectivity index (χ0v) is 17.5. The van der Waals surface area contributed by atoms with Gasteiger partial charge in [0.05, 0.1) is 5.56 Å². The molecule has 29 heavy (non-hydrogen) atoms. The molecule has 0 spiro atoms. The van der Waals surface area contributed by atoms with Gasteiger partial charge < -0.3 is 15.5 Å². The van der Waals surface area contributed by atoms with Crippen LogP contribution in [0.1, 0.15) is 33.6 Å². The van der Waals surface area contributed by atoms with E-state index in [0.717, 1.165) is 10.5 Å².